The van der Waals surface area contributed by atoms with Gasteiger partial charge in [0, 0.05) is 73.9 Å². The molecule has 3 heterocycles. The van der Waals surface area contributed by atoms with Gasteiger partial charge in [0.2, 0.25) is 0 Å². The first-order valence-electron chi connectivity index (χ1n) is 17.6. The predicted molar refractivity (Wildman–Crippen MR) is 227 cm³/mol. The summed E-state index contributed by atoms with van der Waals surface area (Å²) in [6.07, 6.45) is 0. The van der Waals surface area contributed by atoms with Crippen LogP contribution < -0.4 is 4.90 Å². The molecule has 0 bridgehead atoms. The highest BCUT2D eigenvalue weighted by Crippen LogP contribution is 2.42. The molecule has 8 aromatic carbocycles. The summed E-state index contributed by atoms with van der Waals surface area (Å²) >= 11 is 3.73. The highest BCUT2D eigenvalue weighted by Gasteiger charge is 2.17. The molecule has 0 amide bonds. The van der Waals surface area contributed by atoms with Gasteiger partial charge in [-0.2, -0.15) is 0 Å². The monoisotopic (exact) mass is 698 g/mol. The number of anilines is 3. The fourth-order valence-corrected chi connectivity index (χ4v) is 10.2. The maximum Gasteiger partial charge on any atom is 0.0541 e. The molecule has 0 fully saturated rings. The van der Waals surface area contributed by atoms with Crippen molar-refractivity contribution in [3.8, 4) is 16.8 Å². The minimum Gasteiger partial charge on any atom is -0.310 e. The van der Waals surface area contributed by atoms with E-state index in [0.717, 1.165) is 17.1 Å². The molecule has 0 spiro atoms. The van der Waals surface area contributed by atoms with E-state index in [9.17, 15) is 0 Å². The van der Waals surface area contributed by atoms with Gasteiger partial charge in [0.25, 0.3) is 0 Å². The standard InChI is InChI=1S/C48H30N2S2/c1-2-10-33(11-3-1)49(35-23-25-40-38-13-5-8-16-45(38)51-47(40)29-35)34-21-18-31(19-22-34)32-20-27-44-42(28-32)37-12-4-7-15-43(37)50(44)36-24-26-41-39-14-6-9-17-46(39)52-48(41)30-36/h1-30H. The molecule has 11 aromatic rings. The van der Waals surface area contributed by atoms with E-state index >= 15 is 0 Å². The number of benzene rings is 8. The number of hydrogen-bond acceptors (Lipinski definition) is 3. The van der Waals surface area contributed by atoms with Crippen LogP contribution in [0.5, 0.6) is 0 Å². The molecule has 0 radical (unpaired) electrons. The topological polar surface area (TPSA) is 8.17 Å². The van der Waals surface area contributed by atoms with Crippen LogP contribution in [0.1, 0.15) is 0 Å². The van der Waals surface area contributed by atoms with E-state index in [1.807, 2.05) is 22.7 Å². The van der Waals surface area contributed by atoms with Crippen molar-refractivity contribution in [2.45, 2.75) is 0 Å². The summed E-state index contributed by atoms with van der Waals surface area (Å²) < 4.78 is 7.69. The van der Waals surface area contributed by atoms with Crippen LogP contribution in [0.2, 0.25) is 0 Å². The number of rotatable bonds is 5. The van der Waals surface area contributed by atoms with Crippen LogP contribution in [0.3, 0.4) is 0 Å². The molecule has 0 saturated heterocycles. The van der Waals surface area contributed by atoms with Crippen LogP contribution in [-0.4, -0.2) is 4.57 Å². The van der Waals surface area contributed by atoms with Gasteiger partial charge < -0.3 is 9.47 Å². The van der Waals surface area contributed by atoms with Crippen LogP contribution in [0.25, 0.3) is 79.0 Å². The third-order valence-corrected chi connectivity index (χ3v) is 12.7. The average molecular weight is 699 g/mol. The van der Waals surface area contributed by atoms with Crippen molar-refractivity contribution < 1.29 is 0 Å². The van der Waals surface area contributed by atoms with Crippen LogP contribution in [-0.2, 0) is 0 Å². The second kappa shape index (κ2) is 11.7. The Morgan fingerprint density at radius 2 is 0.865 bits per heavy atom. The largest absolute Gasteiger partial charge is 0.310 e. The quantitative estimate of drug-likeness (QED) is 0.174. The molecule has 3 aromatic heterocycles. The first kappa shape index (κ1) is 29.5. The zero-order chi connectivity index (χ0) is 34.2. The lowest BCUT2D eigenvalue weighted by molar-refractivity contribution is 1.19. The summed E-state index contributed by atoms with van der Waals surface area (Å²) in [4.78, 5) is 2.36. The molecule has 0 unspecified atom stereocenters. The zero-order valence-electron chi connectivity index (χ0n) is 28.0. The maximum atomic E-state index is 2.42. The van der Waals surface area contributed by atoms with Crippen LogP contribution >= 0.6 is 22.7 Å². The molecule has 0 atom stereocenters. The van der Waals surface area contributed by atoms with Crippen molar-refractivity contribution >= 4 is 102 Å². The van der Waals surface area contributed by atoms with Gasteiger partial charge in [-0.25, -0.2) is 0 Å². The summed E-state index contributed by atoms with van der Waals surface area (Å²) in [7, 11) is 0. The van der Waals surface area contributed by atoms with Gasteiger partial charge in [-0.1, -0.05) is 103 Å². The van der Waals surface area contributed by atoms with Crippen molar-refractivity contribution in [2.24, 2.45) is 0 Å². The fourth-order valence-electron chi connectivity index (χ4n) is 7.97. The normalized spacial score (nSPS) is 11.8. The van der Waals surface area contributed by atoms with Crippen molar-refractivity contribution in [3.05, 3.63) is 182 Å². The lowest BCUT2D eigenvalue weighted by Gasteiger charge is -2.25. The molecule has 0 N–H and O–H groups in total. The first-order chi connectivity index (χ1) is 25.8. The molecular weight excluding hydrogens is 669 g/mol. The Hall–Kier alpha value is -6.20. The van der Waals surface area contributed by atoms with Gasteiger partial charge in [0.1, 0.15) is 0 Å². The molecule has 0 aliphatic rings. The average Bonchev–Trinajstić information content (AvgIpc) is 3.87. The number of aromatic nitrogens is 1. The van der Waals surface area contributed by atoms with E-state index in [2.05, 4.69) is 191 Å². The van der Waals surface area contributed by atoms with E-state index < -0.39 is 0 Å². The second-order valence-electron chi connectivity index (χ2n) is 13.4. The van der Waals surface area contributed by atoms with Crippen LogP contribution in [0, 0.1) is 0 Å². The van der Waals surface area contributed by atoms with Crippen molar-refractivity contribution in [1.82, 2.24) is 4.57 Å². The molecule has 4 heteroatoms. The molecule has 0 aliphatic heterocycles. The minimum absolute atomic E-state index is 1.13. The lowest BCUT2D eigenvalue weighted by atomic mass is 10.0. The summed E-state index contributed by atoms with van der Waals surface area (Å²) in [5, 5.41) is 7.81. The second-order valence-corrected chi connectivity index (χ2v) is 15.5. The number of nitrogens with zero attached hydrogens (tertiary/aromatic N) is 2. The highest BCUT2D eigenvalue weighted by atomic mass is 32.1. The molecule has 0 saturated carbocycles. The third-order valence-electron chi connectivity index (χ3n) is 10.4. The Morgan fingerprint density at radius 3 is 1.62 bits per heavy atom. The number of thiophene rings is 2. The maximum absolute atomic E-state index is 2.42. The number of para-hydroxylation sites is 2. The van der Waals surface area contributed by atoms with Gasteiger partial charge in [-0.15, -0.1) is 22.7 Å². The van der Waals surface area contributed by atoms with Crippen molar-refractivity contribution in [2.75, 3.05) is 4.90 Å². The Kier molecular flexibility index (Phi) is 6.63. The highest BCUT2D eigenvalue weighted by molar-refractivity contribution is 7.26. The molecule has 0 aliphatic carbocycles. The van der Waals surface area contributed by atoms with Crippen molar-refractivity contribution in [3.63, 3.8) is 0 Å². The van der Waals surface area contributed by atoms with E-state index in [0.29, 0.717) is 0 Å². The summed E-state index contributed by atoms with van der Waals surface area (Å²) in [5.41, 5.74) is 9.46. The van der Waals surface area contributed by atoms with Crippen LogP contribution in [0.4, 0.5) is 17.1 Å². The van der Waals surface area contributed by atoms with Gasteiger partial charge >= 0.3 is 0 Å². The third kappa shape index (κ3) is 4.62. The molecule has 11 rings (SSSR count). The molecule has 244 valence electrons. The van der Waals surface area contributed by atoms with Gasteiger partial charge in [0.15, 0.2) is 0 Å². The van der Waals surface area contributed by atoms with Gasteiger partial charge in [-0.3, -0.25) is 0 Å². The summed E-state index contributed by atoms with van der Waals surface area (Å²) in [5.74, 6) is 0. The Labute approximate surface area is 308 Å². The predicted octanol–water partition coefficient (Wildman–Crippen LogP) is 14.7. The summed E-state index contributed by atoms with van der Waals surface area (Å²) in [6, 6.07) is 66.6. The van der Waals surface area contributed by atoms with E-state index in [1.165, 1.54) is 79.0 Å². The summed E-state index contributed by atoms with van der Waals surface area (Å²) in [6.45, 7) is 0. The lowest BCUT2D eigenvalue weighted by Crippen LogP contribution is -2.09. The van der Waals surface area contributed by atoms with E-state index in [4.69, 9.17) is 0 Å². The first-order valence-corrected chi connectivity index (χ1v) is 19.2. The molecular formula is C48H30N2S2. The smallest absolute Gasteiger partial charge is 0.0541 e. The Bertz CT molecular complexity index is 3130. The van der Waals surface area contributed by atoms with Gasteiger partial charge in [0.05, 0.1) is 11.0 Å². The molecule has 2 nitrogen and oxygen atoms in total. The zero-order valence-corrected chi connectivity index (χ0v) is 29.7. The molecule has 52 heavy (non-hydrogen) atoms. The minimum atomic E-state index is 1.13. The Morgan fingerprint density at radius 1 is 0.327 bits per heavy atom. The van der Waals surface area contributed by atoms with E-state index in [-0.39, 0.29) is 0 Å². The SMILES string of the molecule is c1ccc(N(c2ccc(-c3ccc4c(c3)c3ccccc3n4-c3ccc4c(c3)sc3ccccc34)cc2)c2ccc3c(c2)sc2ccccc23)cc1. The van der Waals surface area contributed by atoms with Crippen LogP contribution in [0.15, 0.2) is 182 Å². The van der Waals surface area contributed by atoms with Crippen molar-refractivity contribution in [1.29, 1.82) is 0 Å². The van der Waals surface area contributed by atoms with Gasteiger partial charge in [-0.05, 0) is 90.0 Å². The fraction of sp³-hybridized carbons (Fsp3) is 0. The number of fused-ring (bicyclic) bond motifs is 9. The Balaban J connectivity index is 1.00. The van der Waals surface area contributed by atoms with E-state index in [1.54, 1.807) is 0 Å². The number of hydrogen-bond donors (Lipinski definition) is 0.